The molecular formula is C32H28NiO4S4-4. The van der Waals surface area contributed by atoms with Crippen molar-refractivity contribution in [3.63, 3.8) is 0 Å². The Bertz CT molecular complexity index is 1210. The molecule has 0 aliphatic carbocycles. The van der Waals surface area contributed by atoms with E-state index in [9.17, 15) is 0 Å². The van der Waals surface area contributed by atoms with E-state index in [1.54, 1.807) is 14.2 Å². The van der Waals surface area contributed by atoms with Gasteiger partial charge >= 0.3 is 0 Å². The first-order valence-corrected chi connectivity index (χ1v) is 13.8. The Morgan fingerprint density at radius 3 is 0.878 bits per heavy atom. The first-order chi connectivity index (χ1) is 19.3. The normalized spacial score (nSPS) is 11.6. The summed E-state index contributed by atoms with van der Waals surface area (Å²) in [5.41, 5.74) is 5.26. The van der Waals surface area contributed by atoms with Gasteiger partial charge in [-0.15, -0.1) is 0 Å². The van der Waals surface area contributed by atoms with E-state index < -0.39 is 0 Å². The van der Waals surface area contributed by atoms with Gasteiger partial charge in [-0.2, -0.15) is 19.6 Å². The molecule has 4 aromatic carbocycles. The summed E-state index contributed by atoms with van der Waals surface area (Å²) in [5, 5.41) is 18.0. The zero-order valence-electron chi connectivity index (χ0n) is 22.3. The third kappa shape index (κ3) is 9.65. The predicted octanol–water partition coefficient (Wildman–Crippen LogP) is 6.21. The Balaban J connectivity index is 0.000000280. The van der Waals surface area contributed by atoms with E-state index in [2.05, 4.69) is 0 Å². The Kier molecular flexibility index (Phi) is 14.5. The van der Waals surface area contributed by atoms with Crippen molar-refractivity contribution >= 4 is 70.1 Å². The molecular weight excluding hydrogens is 635 g/mol. The van der Waals surface area contributed by atoms with Crippen LogP contribution in [0.4, 0.5) is 0 Å². The van der Waals surface area contributed by atoms with Crippen molar-refractivity contribution in [1.29, 1.82) is 0 Å². The second kappa shape index (κ2) is 17.3. The van der Waals surface area contributed by atoms with Crippen LogP contribution in [0.1, 0.15) is 33.4 Å². The molecule has 0 bridgehead atoms. The molecule has 0 aliphatic heterocycles. The summed E-state index contributed by atoms with van der Waals surface area (Å²) in [6.07, 6.45) is 0. The molecule has 4 aromatic rings. The van der Waals surface area contributed by atoms with Crippen molar-refractivity contribution in [3.8, 4) is 11.5 Å². The number of rotatable bonds is 8. The molecule has 2 N–H and O–H groups in total. The monoisotopic (exact) mass is 662 g/mol. The maximum atomic E-state index is 9.02. The van der Waals surface area contributed by atoms with E-state index in [1.165, 1.54) is 0 Å². The van der Waals surface area contributed by atoms with Crippen LogP contribution in [-0.4, -0.2) is 24.4 Å². The third-order valence-electron chi connectivity index (χ3n) is 5.91. The molecule has 0 aliphatic rings. The van der Waals surface area contributed by atoms with Crippen LogP contribution in [0.15, 0.2) is 97.1 Å². The van der Waals surface area contributed by atoms with Crippen molar-refractivity contribution in [3.05, 3.63) is 130 Å². The number of methoxy groups -OCH3 is 2. The Labute approximate surface area is 274 Å². The van der Waals surface area contributed by atoms with Gasteiger partial charge in [0.1, 0.15) is 11.5 Å². The molecule has 0 heterocycles. The molecule has 41 heavy (non-hydrogen) atoms. The molecule has 9 heteroatoms. The van der Waals surface area contributed by atoms with E-state index in [4.69, 9.17) is 70.2 Å². The van der Waals surface area contributed by atoms with Gasteiger partial charge in [0.25, 0.3) is 0 Å². The van der Waals surface area contributed by atoms with Crippen LogP contribution in [0.2, 0.25) is 0 Å². The summed E-state index contributed by atoms with van der Waals surface area (Å²) in [5.74, 6) is 1.60. The van der Waals surface area contributed by atoms with Gasteiger partial charge in [0.2, 0.25) is 0 Å². The molecule has 0 fully saturated rings. The van der Waals surface area contributed by atoms with Gasteiger partial charge in [-0.3, -0.25) is 0 Å². The molecule has 218 valence electrons. The molecule has 0 aromatic heterocycles. The van der Waals surface area contributed by atoms with Crippen LogP contribution >= 0.6 is 0 Å². The van der Waals surface area contributed by atoms with E-state index in [0.717, 1.165) is 44.9 Å². The minimum Gasteiger partial charge on any atom is -0.781 e. The summed E-state index contributed by atoms with van der Waals surface area (Å²) in [6, 6.07) is 29.9. The maximum Gasteiger partial charge on any atom is 0.118 e. The van der Waals surface area contributed by atoms with Gasteiger partial charge in [-0.25, -0.2) is 0 Å². The number of ether oxygens (including phenoxy) is 2. The van der Waals surface area contributed by atoms with Crippen LogP contribution in [0.25, 0.3) is 19.6 Å². The van der Waals surface area contributed by atoms with E-state index >= 15 is 0 Å². The average Bonchev–Trinajstić information content (AvgIpc) is 3.03. The average molecular weight is 664 g/mol. The Morgan fingerprint density at radius 1 is 0.463 bits per heavy atom. The van der Waals surface area contributed by atoms with Gasteiger partial charge in [-0.1, -0.05) is 72.8 Å². The first-order valence-electron chi connectivity index (χ1n) is 12.2. The fourth-order valence-electron chi connectivity index (χ4n) is 3.53. The molecule has 0 atom stereocenters. The number of hydrogen-bond acceptors (Lipinski definition) is 8. The molecule has 0 saturated carbocycles. The topological polar surface area (TPSA) is 58.9 Å². The van der Waals surface area contributed by atoms with E-state index in [0.29, 0.717) is 19.6 Å². The van der Waals surface area contributed by atoms with Crippen molar-refractivity contribution < 1.29 is 36.2 Å². The molecule has 4 rings (SSSR count). The van der Waals surface area contributed by atoms with Crippen molar-refractivity contribution in [2.45, 2.75) is 13.2 Å². The predicted molar refractivity (Wildman–Crippen MR) is 174 cm³/mol. The van der Waals surface area contributed by atoms with Crippen molar-refractivity contribution in [2.24, 2.45) is 0 Å². The standard InChI is InChI=1S/2C16H16O2S2.Ni/c1-17-13-7-3-11(4-8-13)15(19)16(20)12-5-9-14(18-2)10-6-12;17-9-11-1-5-13(6-2-11)15(19)16(20)14-7-3-12(10-18)4-8-14;/h3-10,19-20H,1-2H3;1-8,17-20H,9-10H2;/p-4/b2*16-15-;. The first kappa shape index (κ1) is 34.5. The van der Waals surface area contributed by atoms with Gasteiger partial charge < -0.3 is 70.2 Å². The van der Waals surface area contributed by atoms with Gasteiger partial charge in [0.15, 0.2) is 0 Å². The molecule has 0 amide bonds. The van der Waals surface area contributed by atoms with E-state index in [-0.39, 0.29) is 29.7 Å². The summed E-state index contributed by atoms with van der Waals surface area (Å²) in [6.45, 7) is 0.0280. The van der Waals surface area contributed by atoms with Gasteiger partial charge in [0, 0.05) is 16.5 Å². The summed E-state index contributed by atoms with van der Waals surface area (Å²) in [4.78, 5) is 2.54. The maximum absolute atomic E-state index is 9.02. The summed E-state index contributed by atoms with van der Waals surface area (Å²) >= 11 is 21.7. The van der Waals surface area contributed by atoms with Gasteiger partial charge in [-0.05, 0) is 57.6 Å². The van der Waals surface area contributed by atoms with Gasteiger partial charge in [0.05, 0.1) is 27.4 Å². The minimum absolute atomic E-state index is 0. The SMILES string of the molecule is COc1ccc(/C([S-])=C(/[S-])c2ccc(OC)cc2)cc1.OCc1ccc(/C([S-])=C(/[S-])c2ccc(CO)cc2)cc1.[Ni]. The third-order valence-corrected chi connectivity index (χ3v) is 7.93. The van der Waals surface area contributed by atoms with Crippen LogP contribution in [-0.2, 0) is 80.2 Å². The largest absolute Gasteiger partial charge is 0.781 e. The van der Waals surface area contributed by atoms with Crippen LogP contribution in [0.3, 0.4) is 0 Å². The molecule has 0 unspecified atom stereocenters. The molecule has 0 spiro atoms. The van der Waals surface area contributed by atoms with Crippen LogP contribution in [0, 0.1) is 0 Å². The minimum atomic E-state index is 0. The number of benzene rings is 4. The fourth-order valence-corrected chi connectivity index (χ4v) is 4.55. The number of aliphatic hydroxyl groups is 2. The zero-order valence-corrected chi connectivity index (χ0v) is 26.6. The smallest absolute Gasteiger partial charge is 0.118 e. The zero-order chi connectivity index (χ0) is 29.1. The van der Waals surface area contributed by atoms with Crippen molar-refractivity contribution in [2.75, 3.05) is 14.2 Å². The van der Waals surface area contributed by atoms with Crippen LogP contribution < -0.4 is 9.47 Å². The summed E-state index contributed by atoms with van der Waals surface area (Å²) in [7, 11) is 3.27. The second-order valence-electron chi connectivity index (χ2n) is 8.48. The summed E-state index contributed by atoms with van der Waals surface area (Å²) < 4.78 is 10.3. The fraction of sp³-hybridized carbons (Fsp3) is 0.125. The molecule has 0 saturated heterocycles. The van der Waals surface area contributed by atoms with Crippen LogP contribution in [0.5, 0.6) is 11.5 Å². The quantitative estimate of drug-likeness (QED) is 0.131. The second-order valence-corrected chi connectivity index (χ2v) is 10.1. The number of hydrogen-bond donors (Lipinski definition) is 2. The Hall–Kier alpha value is -2.75. The van der Waals surface area contributed by atoms with E-state index in [1.807, 2.05) is 97.1 Å². The number of aliphatic hydroxyl groups excluding tert-OH is 2. The molecule has 0 radical (unpaired) electrons. The molecule has 4 nitrogen and oxygen atoms in total. The Morgan fingerprint density at radius 2 is 0.683 bits per heavy atom. The van der Waals surface area contributed by atoms with Crippen molar-refractivity contribution in [1.82, 2.24) is 0 Å².